The van der Waals surface area contributed by atoms with Crippen molar-refractivity contribution in [3.8, 4) is 21.1 Å². The first-order valence-electron chi connectivity index (χ1n) is 11.5. The molecule has 0 aliphatic rings. The first-order valence-corrected chi connectivity index (χ1v) is 13.1. The molecule has 2 aromatic carbocycles. The van der Waals surface area contributed by atoms with Crippen LogP contribution in [0, 0.1) is 19.3 Å². The summed E-state index contributed by atoms with van der Waals surface area (Å²) in [5.74, 6) is 0. The molecule has 0 aliphatic carbocycles. The summed E-state index contributed by atoms with van der Waals surface area (Å²) in [6, 6.07) is 15.4. The molecule has 2 aromatic heterocycles. The van der Waals surface area contributed by atoms with Crippen LogP contribution in [0.1, 0.15) is 35.0 Å². The number of nitrogen functional groups attached to an aromatic ring is 2. The van der Waals surface area contributed by atoms with Crippen LogP contribution in [0.2, 0.25) is 0 Å². The number of benzene rings is 2. The van der Waals surface area contributed by atoms with E-state index in [4.69, 9.17) is 26.8 Å². The average Bonchev–Trinajstić information content (AvgIpc) is 3.44. The van der Waals surface area contributed by atoms with Gasteiger partial charge in [0.1, 0.15) is 10.0 Å². The number of aliphatic imine (C=N–C) groups is 2. The number of hydrogen-bond acceptors (Lipinski definition) is 9. The fourth-order valence-electron chi connectivity index (χ4n) is 3.58. The highest BCUT2D eigenvalue weighted by Crippen LogP contribution is 2.30. The molecule has 2 heterocycles. The molecule has 0 radical (unpaired) electrons. The predicted molar refractivity (Wildman–Crippen MR) is 155 cm³/mol. The molecule has 184 valence electrons. The monoisotopic (exact) mass is 515 g/mol. The van der Waals surface area contributed by atoms with Crippen LogP contribution >= 0.6 is 22.7 Å². The fraction of sp³-hybridized carbons (Fsp3) is 0.222. The van der Waals surface area contributed by atoms with Crippen LogP contribution in [0.5, 0.6) is 0 Å². The molecule has 7 nitrogen and oxygen atoms in total. The Kier molecular flexibility index (Phi) is 7.71. The maximum Gasteiger partial charge on any atom is 0.124 e. The summed E-state index contributed by atoms with van der Waals surface area (Å²) in [6.07, 6.45) is 0. The van der Waals surface area contributed by atoms with Crippen molar-refractivity contribution in [2.45, 2.75) is 27.7 Å². The number of rotatable bonds is 8. The molecular weight excluding hydrogens is 486 g/mol. The molecule has 0 saturated carbocycles. The zero-order chi connectivity index (χ0) is 25.8. The van der Waals surface area contributed by atoms with Crippen molar-refractivity contribution >= 4 is 51.2 Å². The summed E-state index contributed by atoms with van der Waals surface area (Å²) in [6.45, 7) is 8.51. The fourth-order valence-corrected chi connectivity index (χ4v) is 5.66. The molecule has 0 unspecified atom stereocenters. The van der Waals surface area contributed by atoms with E-state index in [1.54, 1.807) is 22.7 Å². The maximum absolute atomic E-state index is 8.36. The van der Waals surface area contributed by atoms with Crippen LogP contribution < -0.4 is 11.5 Å². The van der Waals surface area contributed by atoms with Gasteiger partial charge in [-0.05, 0) is 76.2 Å². The number of nitrogens with two attached hydrogens (primary N) is 2. The van der Waals surface area contributed by atoms with Gasteiger partial charge in [-0.2, -0.15) is 0 Å². The lowest BCUT2D eigenvalue weighted by molar-refractivity contribution is 1.15. The van der Waals surface area contributed by atoms with Crippen molar-refractivity contribution in [1.82, 2.24) is 9.97 Å². The summed E-state index contributed by atoms with van der Waals surface area (Å²) in [5, 5.41) is 10.2. The molecule has 0 fully saturated rings. The topological polar surface area (TPSA) is 126 Å². The predicted octanol–water partition coefficient (Wildman–Crippen LogP) is 6.05. The molecule has 4 rings (SSSR count). The molecule has 4 aromatic rings. The number of anilines is 2. The van der Waals surface area contributed by atoms with Crippen molar-refractivity contribution in [3.05, 3.63) is 69.7 Å². The third-order valence-electron chi connectivity index (χ3n) is 5.58. The number of thiazole rings is 2. The normalized spacial score (nSPS) is 12.2. The number of nitrogens with one attached hydrogen (secondary N) is 1. The van der Waals surface area contributed by atoms with Crippen molar-refractivity contribution in [1.29, 1.82) is 5.41 Å². The Morgan fingerprint density at radius 2 is 1.08 bits per heavy atom. The van der Waals surface area contributed by atoms with E-state index in [0.717, 1.165) is 65.1 Å². The van der Waals surface area contributed by atoms with Crippen LogP contribution in [-0.4, -0.2) is 40.2 Å². The first-order chi connectivity index (χ1) is 17.2. The Morgan fingerprint density at radius 3 is 1.44 bits per heavy atom. The smallest absolute Gasteiger partial charge is 0.124 e. The van der Waals surface area contributed by atoms with E-state index in [-0.39, 0.29) is 0 Å². The molecule has 9 heteroatoms. The van der Waals surface area contributed by atoms with Gasteiger partial charge in [-0.1, -0.05) is 0 Å². The van der Waals surface area contributed by atoms with Crippen LogP contribution in [0.3, 0.4) is 0 Å². The van der Waals surface area contributed by atoms with Gasteiger partial charge in [0.2, 0.25) is 0 Å². The van der Waals surface area contributed by atoms with E-state index in [2.05, 4.69) is 9.98 Å². The van der Waals surface area contributed by atoms with Crippen molar-refractivity contribution in [3.63, 3.8) is 0 Å². The van der Waals surface area contributed by atoms with Gasteiger partial charge < -0.3 is 16.9 Å². The van der Waals surface area contributed by atoms with E-state index in [0.29, 0.717) is 18.8 Å². The van der Waals surface area contributed by atoms with Crippen LogP contribution in [-0.2, 0) is 0 Å². The summed E-state index contributed by atoms with van der Waals surface area (Å²) < 4.78 is 0. The summed E-state index contributed by atoms with van der Waals surface area (Å²) in [5.41, 5.74) is 19.2. The summed E-state index contributed by atoms with van der Waals surface area (Å²) in [7, 11) is 0. The number of hydrogen-bond donors (Lipinski definition) is 3. The number of nitrogens with zero attached hydrogens (tertiary/aromatic N) is 4. The first kappa shape index (κ1) is 25.4. The van der Waals surface area contributed by atoms with Gasteiger partial charge in [0.25, 0.3) is 0 Å². The lowest BCUT2D eigenvalue weighted by Crippen LogP contribution is -2.10. The van der Waals surface area contributed by atoms with Crippen LogP contribution in [0.4, 0.5) is 11.4 Å². The lowest BCUT2D eigenvalue weighted by atomic mass is 10.2. The number of aryl methyl sites for hydroxylation is 2. The second-order valence-corrected chi connectivity index (χ2v) is 10.5. The Bertz CT molecular complexity index is 1330. The van der Waals surface area contributed by atoms with Gasteiger partial charge in [-0.15, -0.1) is 22.7 Å². The SMILES string of the molecule is CC(=NCC(=N)CN=C(C)c1sc(-c2ccc(N)cc2)nc1C)c1sc(-c2ccc(N)cc2)nc1C. The average molecular weight is 516 g/mol. The highest BCUT2D eigenvalue weighted by Gasteiger charge is 2.13. The minimum absolute atomic E-state index is 0.301. The van der Waals surface area contributed by atoms with Gasteiger partial charge in [-0.25, -0.2) is 9.97 Å². The molecule has 5 N–H and O–H groups in total. The highest BCUT2D eigenvalue weighted by molar-refractivity contribution is 7.17. The largest absolute Gasteiger partial charge is 0.399 e. The van der Waals surface area contributed by atoms with Gasteiger partial charge in [0.15, 0.2) is 0 Å². The van der Waals surface area contributed by atoms with E-state index in [9.17, 15) is 0 Å². The maximum atomic E-state index is 8.36. The zero-order valence-corrected chi connectivity index (χ0v) is 22.4. The third-order valence-corrected chi connectivity index (χ3v) is 8.21. The van der Waals surface area contributed by atoms with Crippen LogP contribution in [0.25, 0.3) is 21.1 Å². The summed E-state index contributed by atoms with van der Waals surface area (Å²) in [4.78, 5) is 20.8. The van der Waals surface area contributed by atoms with Gasteiger partial charge in [-0.3, -0.25) is 9.98 Å². The van der Waals surface area contributed by atoms with Crippen molar-refractivity contribution < 1.29 is 0 Å². The zero-order valence-electron chi connectivity index (χ0n) is 20.8. The second kappa shape index (κ2) is 10.9. The molecular formula is C27H29N7S2. The lowest BCUT2D eigenvalue weighted by Gasteiger charge is -2.02. The minimum Gasteiger partial charge on any atom is -0.399 e. The number of aromatic nitrogens is 2. The van der Waals surface area contributed by atoms with E-state index < -0.39 is 0 Å². The van der Waals surface area contributed by atoms with Crippen LogP contribution in [0.15, 0.2) is 58.5 Å². The minimum atomic E-state index is 0.301. The van der Waals surface area contributed by atoms with E-state index in [1.807, 2.05) is 76.2 Å². The van der Waals surface area contributed by atoms with Gasteiger partial charge >= 0.3 is 0 Å². The second-order valence-electron chi connectivity index (χ2n) is 8.52. The highest BCUT2D eigenvalue weighted by atomic mass is 32.1. The van der Waals surface area contributed by atoms with Gasteiger partial charge in [0.05, 0.1) is 51.4 Å². The molecule has 0 saturated heterocycles. The molecule has 0 atom stereocenters. The molecule has 0 amide bonds. The molecule has 0 bridgehead atoms. The Morgan fingerprint density at radius 1 is 0.722 bits per heavy atom. The molecule has 0 aliphatic heterocycles. The summed E-state index contributed by atoms with van der Waals surface area (Å²) >= 11 is 3.21. The quantitative estimate of drug-likeness (QED) is 0.195. The van der Waals surface area contributed by atoms with Crippen molar-refractivity contribution in [2.24, 2.45) is 9.98 Å². The van der Waals surface area contributed by atoms with Gasteiger partial charge in [0, 0.05) is 22.5 Å². The Labute approximate surface area is 219 Å². The van der Waals surface area contributed by atoms with E-state index in [1.165, 1.54) is 0 Å². The standard InChI is InChI=1S/C27H29N7S2/c1-15(24-17(3)33-26(35-24)19-5-9-21(28)10-6-19)31-13-23(30)14-32-16(2)25-18(4)34-27(36-25)20-7-11-22(29)12-8-20/h5-12,30H,13-14,28-29H2,1-4H3. The van der Waals surface area contributed by atoms with E-state index >= 15 is 0 Å². The Balaban J connectivity index is 1.40. The third kappa shape index (κ3) is 5.92. The van der Waals surface area contributed by atoms with Crippen molar-refractivity contribution in [2.75, 3.05) is 24.6 Å². The molecule has 0 spiro atoms. The molecule has 36 heavy (non-hydrogen) atoms. The Hall–Kier alpha value is -3.69.